The fourth-order valence-corrected chi connectivity index (χ4v) is 1.61. The van der Waals surface area contributed by atoms with Crippen molar-refractivity contribution in [3.8, 4) is 0 Å². The Morgan fingerprint density at radius 2 is 1.76 bits per heavy atom. The molecule has 0 aliphatic carbocycles. The van der Waals surface area contributed by atoms with Gasteiger partial charge in [-0.1, -0.05) is 60.0 Å². The zero-order valence-electron chi connectivity index (χ0n) is 12.1. The lowest BCUT2D eigenvalue weighted by Crippen LogP contribution is -2.12. The van der Waals surface area contributed by atoms with Crippen molar-refractivity contribution < 1.29 is 9.53 Å². The minimum atomic E-state index is -0.140. The maximum absolute atomic E-state index is 11.8. The molecule has 0 spiro atoms. The maximum atomic E-state index is 11.8. The summed E-state index contributed by atoms with van der Waals surface area (Å²) in [6, 6.07) is 0. The Morgan fingerprint density at radius 3 is 2.24 bits per heavy atom. The highest BCUT2D eigenvalue weighted by molar-refractivity contribution is 5.88. The standard InChI is InChI=1S/C15H28O2/c1-6-8-9-10-11-17-14(16)13(7-2)12-15(3,4)5/h12H,6-11H2,1-5H3. The molecule has 100 valence electrons. The third-order valence-electron chi connectivity index (χ3n) is 2.48. The van der Waals surface area contributed by atoms with Gasteiger partial charge in [-0.25, -0.2) is 4.79 Å². The van der Waals surface area contributed by atoms with Crippen LogP contribution in [0.15, 0.2) is 11.6 Å². The summed E-state index contributed by atoms with van der Waals surface area (Å²) in [5.41, 5.74) is 0.833. The molecule has 0 aliphatic rings. The number of unbranched alkanes of at least 4 members (excludes halogenated alkanes) is 3. The Morgan fingerprint density at radius 1 is 1.12 bits per heavy atom. The van der Waals surface area contributed by atoms with E-state index in [1.807, 2.05) is 13.0 Å². The molecule has 0 saturated carbocycles. The normalized spacial score (nSPS) is 12.6. The van der Waals surface area contributed by atoms with Gasteiger partial charge >= 0.3 is 5.97 Å². The Labute approximate surface area is 106 Å². The second kappa shape index (κ2) is 8.32. The van der Waals surface area contributed by atoms with Gasteiger partial charge in [-0.2, -0.15) is 0 Å². The van der Waals surface area contributed by atoms with E-state index >= 15 is 0 Å². The van der Waals surface area contributed by atoms with Crippen molar-refractivity contribution in [1.82, 2.24) is 0 Å². The Kier molecular flexibility index (Phi) is 7.94. The quantitative estimate of drug-likeness (QED) is 0.372. The Hall–Kier alpha value is -0.790. The highest BCUT2D eigenvalue weighted by atomic mass is 16.5. The van der Waals surface area contributed by atoms with Crippen molar-refractivity contribution in [2.75, 3.05) is 6.61 Å². The minimum Gasteiger partial charge on any atom is -0.462 e. The summed E-state index contributed by atoms with van der Waals surface area (Å²) in [6.45, 7) is 11.0. The fraction of sp³-hybridized carbons (Fsp3) is 0.800. The lowest BCUT2D eigenvalue weighted by molar-refractivity contribution is -0.139. The summed E-state index contributed by atoms with van der Waals surface area (Å²) >= 11 is 0. The van der Waals surface area contributed by atoms with Gasteiger partial charge < -0.3 is 4.74 Å². The number of carbonyl (C=O) groups excluding carboxylic acids is 1. The van der Waals surface area contributed by atoms with Gasteiger partial charge in [0.15, 0.2) is 0 Å². The largest absolute Gasteiger partial charge is 0.462 e. The van der Waals surface area contributed by atoms with E-state index in [0.717, 1.165) is 24.8 Å². The van der Waals surface area contributed by atoms with Crippen molar-refractivity contribution in [3.05, 3.63) is 11.6 Å². The van der Waals surface area contributed by atoms with Crippen molar-refractivity contribution in [2.24, 2.45) is 5.41 Å². The minimum absolute atomic E-state index is 0.0343. The third-order valence-corrected chi connectivity index (χ3v) is 2.48. The molecule has 0 rings (SSSR count). The molecule has 0 amide bonds. The third kappa shape index (κ3) is 8.96. The number of rotatable bonds is 7. The zero-order valence-corrected chi connectivity index (χ0v) is 12.1. The number of esters is 1. The van der Waals surface area contributed by atoms with Gasteiger partial charge in [0.1, 0.15) is 0 Å². The van der Waals surface area contributed by atoms with Gasteiger partial charge in [-0.3, -0.25) is 0 Å². The van der Waals surface area contributed by atoms with Crippen LogP contribution in [0.3, 0.4) is 0 Å². The Bertz CT molecular complexity index is 246. The van der Waals surface area contributed by atoms with Crippen LogP contribution in [0, 0.1) is 5.41 Å². The SMILES string of the molecule is CCCCCCOC(=O)C(=CC(C)(C)C)CC. The topological polar surface area (TPSA) is 26.3 Å². The van der Waals surface area contributed by atoms with Crippen molar-refractivity contribution >= 4 is 5.97 Å². The van der Waals surface area contributed by atoms with Gasteiger partial charge in [-0.05, 0) is 18.3 Å². The average molecular weight is 240 g/mol. The first kappa shape index (κ1) is 16.2. The summed E-state index contributed by atoms with van der Waals surface area (Å²) in [4.78, 5) is 11.8. The molecule has 2 heteroatoms. The number of allylic oxidation sites excluding steroid dienone is 1. The second-order valence-electron chi connectivity index (χ2n) is 5.59. The summed E-state index contributed by atoms with van der Waals surface area (Å²) in [5.74, 6) is -0.140. The van der Waals surface area contributed by atoms with Crippen LogP contribution < -0.4 is 0 Å². The van der Waals surface area contributed by atoms with Gasteiger partial charge in [0.2, 0.25) is 0 Å². The van der Waals surface area contributed by atoms with Gasteiger partial charge in [-0.15, -0.1) is 0 Å². The molecule has 0 aromatic heterocycles. The van der Waals surface area contributed by atoms with Crippen molar-refractivity contribution in [3.63, 3.8) is 0 Å². The molecule has 2 nitrogen and oxygen atoms in total. The first-order chi connectivity index (χ1) is 7.90. The summed E-state index contributed by atoms with van der Waals surface area (Å²) < 4.78 is 5.28. The molecule has 0 atom stereocenters. The van der Waals surface area contributed by atoms with Gasteiger partial charge in [0, 0.05) is 5.57 Å². The van der Waals surface area contributed by atoms with E-state index < -0.39 is 0 Å². The van der Waals surface area contributed by atoms with E-state index in [1.165, 1.54) is 12.8 Å². The zero-order chi connectivity index (χ0) is 13.3. The van der Waals surface area contributed by atoms with E-state index in [0.29, 0.717) is 6.61 Å². The van der Waals surface area contributed by atoms with Crippen LogP contribution in [0.5, 0.6) is 0 Å². The summed E-state index contributed by atoms with van der Waals surface area (Å²) in [5, 5.41) is 0. The summed E-state index contributed by atoms with van der Waals surface area (Å²) in [7, 11) is 0. The molecule has 0 unspecified atom stereocenters. The van der Waals surface area contributed by atoms with E-state index in [4.69, 9.17) is 4.74 Å². The molecule has 0 saturated heterocycles. The number of hydrogen-bond acceptors (Lipinski definition) is 2. The molecule has 0 radical (unpaired) electrons. The lowest BCUT2D eigenvalue weighted by Gasteiger charge is -2.15. The van der Waals surface area contributed by atoms with E-state index in [-0.39, 0.29) is 11.4 Å². The summed E-state index contributed by atoms with van der Waals surface area (Å²) in [6.07, 6.45) is 7.31. The molecule has 0 aromatic rings. The number of ether oxygens (including phenoxy) is 1. The van der Waals surface area contributed by atoms with Crippen molar-refractivity contribution in [1.29, 1.82) is 0 Å². The smallest absolute Gasteiger partial charge is 0.333 e. The second-order valence-corrected chi connectivity index (χ2v) is 5.59. The van der Waals surface area contributed by atoms with E-state index in [2.05, 4.69) is 27.7 Å². The van der Waals surface area contributed by atoms with Crippen LogP contribution in [0.1, 0.15) is 66.7 Å². The number of hydrogen-bond donors (Lipinski definition) is 0. The monoisotopic (exact) mass is 240 g/mol. The fourth-order valence-electron chi connectivity index (χ4n) is 1.61. The van der Waals surface area contributed by atoms with Crippen molar-refractivity contribution in [2.45, 2.75) is 66.7 Å². The van der Waals surface area contributed by atoms with E-state index in [9.17, 15) is 4.79 Å². The number of carbonyl (C=O) groups is 1. The average Bonchev–Trinajstić information content (AvgIpc) is 2.24. The van der Waals surface area contributed by atoms with Crippen LogP contribution in [-0.2, 0) is 9.53 Å². The molecule has 0 heterocycles. The van der Waals surface area contributed by atoms with E-state index in [1.54, 1.807) is 0 Å². The first-order valence-electron chi connectivity index (χ1n) is 6.79. The van der Waals surface area contributed by atoms with Crippen LogP contribution in [-0.4, -0.2) is 12.6 Å². The molecular weight excluding hydrogens is 212 g/mol. The molecule has 0 aromatic carbocycles. The van der Waals surface area contributed by atoms with Crippen LogP contribution >= 0.6 is 0 Å². The maximum Gasteiger partial charge on any atom is 0.333 e. The lowest BCUT2D eigenvalue weighted by atomic mass is 9.93. The highest BCUT2D eigenvalue weighted by Gasteiger charge is 2.14. The molecular formula is C15H28O2. The first-order valence-corrected chi connectivity index (χ1v) is 6.79. The van der Waals surface area contributed by atoms with Crippen LogP contribution in [0.4, 0.5) is 0 Å². The van der Waals surface area contributed by atoms with Crippen LogP contribution in [0.2, 0.25) is 0 Å². The molecule has 0 fully saturated rings. The molecule has 17 heavy (non-hydrogen) atoms. The van der Waals surface area contributed by atoms with Gasteiger partial charge in [0.05, 0.1) is 6.61 Å². The Balaban J connectivity index is 4.06. The predicted molar refractivity (Wildman–Crippen MR) is 72.9 cm³/mol. The van der Waals surface area contributed by atoms with Gasteiger partial charge in [0.25, 0.3) is 0 Å². The highest BCUT2D eigenvalue weighted by Crippen LogP contribution is 2.19. The molecule has 0 aliphatic heterocycles. The molecule has 0 N–H and O–H groups in total. The predicted octanol–water partition coefficient (Wildman–Crippen LogP) is 4.49. The van der Waals surface area contributed by atoms with Crippen LogP contribution in [0.25, 0.3) is 0 Å². The molecule has 0 bridgehead atoms.